The Morgan fingerprint density at radius 2 is 2.29 bits per heavy atom. The molecule has 2 aliphatic heterocycles. The van der Waals surface area contributed by atoms with Crippen molar-refractivity contribution in [2.45, 2.75) is 50.6 Å². The van der Waals surface area contributed by atoms with Crippen molar-refractivity contribution in [2.75, 3.05) is 26.7 Å². The van der Waals surface area contributed by atoms with Crippen molar-refractivity contribution >= 4 is 5.91 Å². The van der Waals surface area contributed by atoms with Crippen LogP contribution in [0.2, 0.25) is 0 Å². The van der Waals surface area contributed by atoms with Crippen molar-refractivity contribution in [1.82, 2.24) is 15.5 Å². The fraction of sp³-hybridized carbons (Fsp3) is 0.923. The minimum atomic E-state index is 0.166. The standard InChI is InChI=1S/C13H25N3O/c1-14-13(17)7-4-10-16-9-3-6-12(16)11-5-2-8-15-11/h11-12,15H,2-10H2,1H3,(H,14,17). The van der Waals surface area contributed by atoms with Gasteiger partial charge in [-0.3, -0.25) is 9.69 Å². The molecule has 2 rings (SSSR count). The molecule has 4 heteroatoms. The normalized spacial score (nSPS) is 29.7. The third-order valence-electron chi connectivity index (χ3n) is 4.11. The first-order valence-electron chi connectivity index (χ1n) is 6.99. The van der Waals surface area contributed by atoms with Gasteiger partial charge in [0.2, 0.25) is 5.91 Å². The molecule has 0 aromatic carbocycles. The highest BCUT2D eigenvalue weighted by Crippen LogP contribution is 2.24. The third kappa shape index (κ3) is 3.42. The Kier molecular flexibility index (Phi) is 4.80. The van der Waals surface area contributed by atoms with Crippen molar-refractivity contribution in [2.24, 2.45) is 0 Å². The molecule has 0 spiro atoms. The third-order valence-corrected chi connectivity index (χ3v) is 4.11. The second-order valence-electron chi connectivity index (χ2n) is 5.23. The van der Waals surface area contributed by atoms with E-state index >= 15 is 0 Å². The summed E-state index contributed by atoms with van der Waals surface area (Å²) in [4.78, 5) is 13.8. The number of carbonyl (C=O) groups is 1. The van der Waals surface area contributed by atoms with Crippen LogP contribution in [0.1, 0.15) is 38.5 Å². The van der Waals surface area contributed by atoms with Gasteiger partial charge in [-0.2, -0.15) is 0 Å². The maximum atomic E-state index is 11.2. The molecule has 0 aromatic rings. The number of hydrogen-bond acceptors (Lipinski definition) is 3. The first-order valence-corrected chi connectivity index (χ1v) is 6.99. The summed E-state index contributed by atoms with van der Waals surface area (Å²) in [5.41, 5.74) is 0. The molecule has 2 fully saturated rings. The highest BCUT2D eigenvalue weighted by Gasteiger charge is 2.32. The minimum Gasteiger partial charge on any atom is -0.359 e. The zero-order valence-electron chi connectivity index (χ0n) is 10.9. The Morgan fingerprint density at radius 1 is 1.41 bits per heavy atom. The van der Waals surface area contributed by atoms with E-state index < -0.39 is 0 Å². The smallest absolute Gasteiger partial charge is 0.219 e. The van der Waals surface area contributed by atoms with Gasteiger partial charge in [-0.15, -0.1) is 0 Å². The van der Waals surface area contributed by atoms with Crippen LogP contribution in [0.4, 0.5) is 0 Å². The maximum Gasteiger partial charge on any atom is 0.219 e. The van der Waals surface area contributed by atoms with Crippen LogP contribution in [0.5, 0.6) is 0 Å². The Labute approximate surface area is 104 Å². The molecule has 0 aliphatic carbocycles. The van der Waals surface area contributed by atoms with Crippen LogP contribution in [-0.4, -0.2) is 49.6 Å². The summed E-state index contributed by atoms with van der Waals surface area (Å²) in [7, 11) is 1.71. The first kappa shape index (κ1) is 12.8. The highest BCUT2D eigenvalue weighted by atomic mass is 16.1. The molecule has 2 heterocycles. The van der Waals surface area contributed by atoms with E-state index in [0.717, 1.165) is 19.0 Å². The number of nitrogens with zero attached hydrogens (tertiary/aromatic N) is 1. The quantitative estimate of drug-likeness (QED) is 0.743. The van der Waals surface area contributed by atoms with Crippen LogP contribution in [-0.2, 0) is 4.79 Å². The molecule has 2 N–H and O–H groups in total. The number of nitrogens with one attached hydrogen (secondary N) is 2. The fourth-order valence-corrected chi connectivity index (χ4v) is 3.19. The number of likely N-dealkylation sites (tertiary alicyclic amines) is 1. The first-order chi connectivity index (χ1) is 8.31. The molecule has 98 valence electrons. The van der Waals surface area contributed by atoms with Gasteiger partial charge in [0.1, 0.15) is 0 Å². The van der Waals surface area contributed by atoms with Gasteiger partial charge in [0, 0.05) is 25.6 Å². The Hall–Kier alpha value is -0.610. The van der Waals surface area contributed by atoms with Gasteiger partial charge >= 0.3 is 0 Å². The number of amides is 1. The van der Waals surface area contributed by atoms with Crippen molar-refractivity contribution < 1.29 is 4.79 Å². The molecule has 2 atom stereocenters. The van der Waals surface area contributed by atoms with Crippen molar-refractivity contribution in [1.29, 1.82) is 0 Å². The second-order valence-corrected chi connectivity index (χ2v) is 5.23. The summed E-state index contributed by atoms with van der Waals surface area (Å²) in [6, 6.07) is 1.43. The molecule has 0 bridgehead atoms. The minimum absolute atomic E-state index is 0.166. The van der Waals surface area contributed by atoms with Crippen molar-refractivity contribution in [3.8, 4) is 0 Å². The van der Waals surface area contributed by atoms with Crippen molar-refractivity contribution in [3.63, 3.8) is 0 Å². The molecular weight excluding hydrogens is 214 g/mol. The van der Waals surface area contributed by atoms with Crippen molar-refractivity contribution in [3.05, 3.63) is 0 Å². The zero-order valence-corrected chi connectivity index (χ0v) is 10.9. The van der Waals surface area contributed by atoms with Gasteiger partial charge < -0.3 is 10.6 Å². The number of hydrogen-bond donors (Lipinski definition) is 2. The lowest BCUT2D eigenvalue weighted by Gasteiger charge is -2.29. The van der Waals surface area contributed by atoms with Crippen LogP contribution >= 0.6 is 0 Å². The Morgan fingerprint density at radius 3 is 3.00 bits per heavy atom. The van der Waals surface area contributed by atoms with Gasteiger partial charge in [0.05, 0.1) is 0 Å². The molecule has 1 amide bonds. The van der Waals surface area contributed by atoms with E-state index in [1.165, 1.54) is 38.8 Å². The van der Waals surface area contributed by atoms with Gasteiger partial charge in [-0.05, 0) is 51.7 Å². The lowest BCUT2D eigenvalue weighted by atomic mass is 10.0. The molecule has 2 aliphatic rings. The predicted molar refractivity (Wildman–Crippen MR) is 68.9 cm³/mol. The van der Waals surface area contributed by atoms with Crippen LogP contribution < -0.4 is 10.6 Å². The summed E-state index contributed by atoms with van der Waals surface area (Å²) >= 11 is 0. The van der Waals surface area contributed by atoms with E-state index in [4.69, 9.17) is 0 Å². The Bertz CT molecular complexity index is 251. The molecule has 0 radical (unpaired) electrons. The summed E-state index contributed by atoms with van der Waals surface area (Å²) in [6.07, 6.45) is 6.96. The molecular formula is C13H25N3O. The summed E-state index contributed by atoms with van der Waals surface area (Å²) in [5.74, 6) is 0.166. The monoisotopic (exact) mass is 239 g/mol. The van der Waals surface area contributed by atoms with Gasteiger partial charge in [0.15, 0.2) is 0 Å². The average molecular weight is 239 g/mol. The van der Waals surface area contributed by atoms with E-state index in [1.54, 1.807) is 7.05 Å². The van der Waals surface area contributed by atoms with E-state index in [2.05, 4.69) is 15.5 Å². The van der Waals surface area contributed by atoms with Crippen LogP contribution in [0.3, 0.4) is 0 Å². The van der Waals surface area contributed by atoms with Gasteiger partial charge in [-0.1, -0.05) is 0 Å². The van der Waals surface area contributed by atoms with Gasteiger partial charge in [-0.25, -0.2) is 0 Å². The maximum absolute atomic E-state index is 11.2. The number of carbonyl (C=O) groups excluding carboxylic acids is 1. The average Bonchev–Trinajstić information content (AvgIpc) is 2.98. The van der Waals surface area contributed by atoms with Crippen LogP contribution in [0.25, 0.3) is 0 Å². The van der Waals surface area contributed by atoms with E-state index in [9.17, 15) is 4.79 Å². The fourth-order valence-electron chi connectivity index (χ4n) is 3.19. The summed E-state index contributed by atoms with van der Waals surface area (Å²) < 4.78 is 0. The van der Waals surface area contributed by atoms with E-state index in [-0.39, 0.29) is 5.91 Å². The summed E-state index contributed by atoms with van der Waals surface area (Å²) in [6.45, 7) is 3.49. The lowest BCUT2D eigenvalue weighted by molar-refractivity contribution is -0.120. The van der Waals surface area contributed by atoms with E-state index in [0.29, 0.717) is 12.5 Å². The van der Waals surface area contributed by atoms with E-state index in [1.807, 2.05) is 0 Å². The van der Waals surface area contributed by atoms with Gasteiger partial charge in [0.25, 0.3) is 0 Å². The number of rotatable bonds is 5. The lowest BCUT2D eigenvalue weighted by Crippen LogP contribution is -2.44. The van der Waals surface area contributed by atoms with Crippen LogP contribution in [0, 0.1) is 0 Å². The molecule has 4 nitrogen and oxygen atoms in total. The molecule has 0 saturated carbocycles. The SMILES string of the molecule is CNC(=O)CCCN1CCCC1C1CCCN1. The second kappa shape index (κ2) is 6.36. The zero-order chi connectivity index (χ0) is 12.1. The molecule has 17 heavy (non-hydrogen) atoms. The van der Waals surface area contributed by atoms with Crippen LogP contribution in [0.15, 0.2) is 0 Å². The Balaban J connectivity index is 1.73. The summed E-state index contributed by atoms with van der Waals surface area (Å²) in [5, 5.41) is 6.30. The topological polar surface area (TPSA) is 44.4 Å². The molecule has 2 unspecified atom stereocenters. The molecule has 0 aromatic heterocycles. The molecule has 2 saturated heterocycles. The predicted octanol–water partition coefficient (Wildman–Crippen LogP) is 0.729. The largest absolute Gasteiger partial charge is 0.359 e. The highest BCUT2D eigenvalue weighted by molar-refractivity contribution is 5.75.